The first-order valence-corrected chi connectivity index (χ1v) is 7.40. The highest BCUT2D eigenvalue weighted by Gasteiger charge is 2.22. The van der Waals surface area contributed by atoms with E-state index in [1.807, 2.05) is 23.3 Å². The molecule has 0 amide bonds. The molecule has 3 nitrogen and oxygen atoms in total. The van der Waals surface area contributed by atoms with E-state index in [0.717, 1.165) is 15.9 Å². The fourth-order valence-electron chi connectivity index (χ4n) is 1.51. The summed E-state index contributed by atoms with van der Waals surface area (Å²) in [6.07, 6.45) is 1.85. The molecule has 1 aliphatic rings. The second-order valence-corrected chi connectivity index (χ2v) is 6.23. The quantitative estimate of drug-likeness (QED) is 0.902. The van der Waals surface area contributed by atoms with Crippen LogP contribution in [-0.2, 0) is 0 Å². The first kappa shape index (κ1) is 11.9. The standard InChI is InChI=1S/C11H17N3S2/c1-7(2)9-6-16-11(14-9)13-8(3)10-12-4-5-15-10/h4-5,7-9H,6H2,1-3H3,(H,13,14)/t8?,9-/m1/s1. The van der Waals surface area contributed by atoms with Crippen LogP contribution < -0.4 is 5.32 Å². The van der Waals surface area contributed by atoms with Gasteiger partial charge in [0.2, 0.25) is 0 Å². The summed E-state index contributed by atoms with van der Waals surface area (Å²) in [7, 11) is 0. The third kappa shape index (κ3) is 2.77. The van der Waals surface area contributed by atoms with Crippen molar-refractivity contribution in [3.8, 4) is 0 Å². The second kappa shape index (κ2) is 5.19. The molecule has 88 valence electrons. The van der Waals surface area contributed by atoms with Crippen LogP contribution in [0.5, 0.6) is 0 Å². The summed E-state index contributed by atoms with van der Waals surface area (Å²) in [5, 5.41) is 7.63. The first-order valence-electron chi connectivity index (χ1n) is 5.53. The predicted molar refractivity (Wildman–Crippen MR) is 72.2 cm³/mol. The zero-order valence-corrected chi connectivity index (χ0v) is 11.4. The molecule has 0 spiro atoms. The van der Waals surface area contributed by atoms with Crippen LogP contribution in [0.4, 0.5) is 0 Å². The highest BCUT2D eigenvalue weighted by Crippen LogP contribution is 2.24. The highest BCUT2D eigenvalue weighted by atomic mass is 32.2. The number of hydrogen-bond donors (Lipinski definition) is 1. The Hall–Kier alpha value is -0.550. The van der Waals surface area contributed by atoms with Gasteiger partial charge in [-0.1, -0.05) is 25.6 Å². The molecular weight excluding hydrogens is 238 g/mol. The summed E-state index contributed by atoms with van der Waals surface area (Å²) in [6, 6.07) is 0.730. The molecule has 1 aromatic heterocycles. The fraction of sp³-hybridized carbons (Fsp3) is 0.636. The van der Waals surface area contributed by atoms with Crippen molar-refractivity contribution in [1.29, 1.82) is 0 Å². The fourth-order valence-corrected chi connectivity index (χ4v) is 3.41. The normalized spacial score (nSPS) is 22.2. The maximum Gasteiger partial charge on any atom is 0.157 e. The molecule has 16 heavy (non-hydrogen) atoms. The molecule has 0 bridgehead atoms. The van der Waals surface area contributed by atoms with Crippen LogP contribution in [0.15, 0.2) is 16.6 Å². The van der Waals surface area contributed by atoms with Gasteiger partial charge in [0.1, 0.15) is 5.01 Å². The Balaban J connectivity index is 1.94. The zero-order chi connectivity index (χ0) is 11.5. The van der Waals surface area contributed by atoms with E-state index in [-0.39, 0.29) is 6.04 Å². The SMILES string of the molecule is CC(NC1=N[C@@H](C(C)C)CS1)c1nccs1. The predicted octanol–water partition coefficient (Wildman–Crippen LogP) is 2.92. The molecular formula is C11H17N3S2. The van der Waals surface area contributed by atoms with E-state index in [1.165, 1.54) is 0 Å². The van der Waals surface area contributed by atoms with Gasteiger partial charge in [-0.2, -0.15) is 0 Å². The molecule has 1 aliphatic heterocycles. The molecule has 1 unspecified atom stereocenters. The molecule has 0 saturated carbocycles. The molecule has 2 rings (SSSR count). The molecule has 1 aromatic rings. The lowest BCUT2D eigenvalue weighted by atomic mass is 10.1. The zero-order valence-electron chi connectivity index (χ0n) is 9.80. The lowest BCUT2D eigenvalue weighted by molar-refractivity contribution is 0.541. The topological polar surface area (TPSA) is 37.3 Å². The molecule has 0 aromatic carbocycles. The monoisotopic (exact) mass is 255 g/mol. The molecule has 0 saturated heterocycles. The molecule has 2 heterocycles. The number of rotatable bonds is 3. The molecule has 0 fully saturated rings. The molecule has 2 atom stereocenters. The number of nitrogens with zero attached hydrogens (tertiary/aromatic N) is 2. The van der Waals surface area contributed by atoms with Gasteiger partial charge in [-0.05, 0) is 12.8 Å². The van der Waals surface area contributed by atoms with Gasteiger partial charge >= 0.3 is 0 Å². The first-order chi connectivity index (χ1) is 7.66. The van der Waals surface area contributed by atoms with Gasteiger partial charge in [0.15, 0.2) is 5.17 Å². The highest BCUT2D eigenvalue weighted by molar-refractivity contribution is 8.14. The maximum atomic E-state index is 4.68. The van der Waals surface area contributed by atoms with Crippen LogP contribution in [0.3, 0.4) is 0 Å². The van der Waals surface area contributed by atoms with E-state index in [4.69, 9.17) is 0 Å². The van der Waals surface area contributed by atoms with E-state index in [1.54, 1.807) is 11.3 Å². The van der Waals surface area contributed by atoms with Crippen LogP contribution in [0.1, 0.15) is 31.8 Å². The van der Waals surface area contributed by atoms with Crippen molar-refractivity contribution in [2.45, 2.75) is 32.9 Å². The Labute approximate surface area is 105 Å². The van der Waals surface area contributed by atoms with Crippen molar-refractivity contribution < 1.29 is 0 Å². The van der Waals surface area contributed by atoms with Crippen LogP contribution in [0.25, 0.3) is 0 Å². The number of hydrogen-bond acceptors (Lipinski definition) is 5. The smallest absolute Gasteiger partial charge is 0.157 e. The lowest BCUT2D eigenvalue weighted by Gasteiger charge is -2.11. The summed E-state index contributed by atoms with van der Waals surface area (Å²) in [5.74, 6) is 1.73. The van der Waals surface area contributed by atoms with E-state index >= 15 is 0 Å². The largest absolute Gasteiger partial charge is 0.356 e. The lowest BCUT2D eigenvalue weighted by Crippen LogP contribution is -2.23. The summed E-state index contributed by atoms with van der Waals surface area (Å²) in [6.45, 7) is 6.58. The van der Waals surface area contributed by atoms with Gasteiger partial charge in [0.05, 0.1) is 12.1 Å². The second-order valence-electron chi connectivity index (χ2n) is 4.29. The molecule has 0 radical (unpaired) electrons. The molecule has 1 N–H and O–H groups in total. The van der Waals surface area contributed by atoms with Crippen molar-refractivity contribution >= 4 is 28.3 Å². The van der Waals surface area contributed by atoms with Crippen molar-refractivity contribution in [3.63, 3.8) is 0 Å². The average molecular weight is 255 g/mol. The minimum absolute atomic E-state index is 0.261. The van der Waals surface area contributed by atoms with Crippen molar-refractivity contribution in [1.82, 2.24) is 10.3 Å². The number of thioether (sulfide) groups is 1. The van der Waals surface area contributed by atoms with Gasteiger partial charge in [-0.15, -0.1) is 11.3 Å². The van der Waals surface area contributed by atoms with Gasteiger partial charge < -0.3 is 5.32 Å². The number of aromatic nitrogens is 1. The Bertz CT molecular complexity index is 359. The van der Waals surface area contributed by atoms with Gasteiger partial charge in [0.25, 0.3) is 0 Å². The van der Waals surface area contributed by atoms with Crippen LogP contribution in [0, 0.1) is 5.92 Å². The summed E-state index contributed by atoms with van der Waals surface area (Å²) in [4.78, 5) is 8.99. The molecule has 0 aliphatic carbocycles. The number of thiazole rings is 1. The van der Waals surface area contributed by atoms with E-state index in [2.05, 4.69) is 36.1 Å². The van der Waals surface area contributed by atoms with E-state index in [0.29, 0.717) is 12.0 Å². The van der Waals surface area contributed by atoms with Crippen molar-refractivity contribution in [2.24, 2.45) is 10.9 Å². The molecule has 5 heteroatoms. The maximum absolute atomic E-state index is 4.68. The van der Waals surface area contributed by atoms with Gasteiger partial charge in [-0.3, -0.25) is 4.99 Å². The minimum Gasteiger partial charge on any atom is -0.356 e. The summed E-state index contributed by atoms with van der Waals surface area (Å²) < 4.78 is 0. The number of nitrogens with one attached hydrogen (secondary N) is 1. The van der Waals surface area contributed by atoms with Crippen LogP contribution in [0.2, 0.25) is 0 Å². The third-order valence-electron chi connectivity index (χ3n) is 2.61. The van der Waals surface area contributed by atoms with Crippen LogP contribution >= 0.6 is 23.1 Å². The summed E-state index contributed by atoms with van der Waals surface area (Å²) in [5.41, 5.74) is 0. The Kier molecular flexibility index (Phi) is 3.86. The third-order valence-corrected chi connectivity index (χ3v) is 4.57. The van der Waals surface area contributed by atoms with E-state index < -0.39 is 0 Å². The number of amidine groups is 1. The number of aliphatic imine (C=N–C) groups is 1. The van der Waals surface area contributed by atoms with Gasteiger partial charge in [-0.25, -0.2) is 4.98 Å². The van der Waals surface area contributed by atoms with Gasteiger partial charge in [0, 0.05) is 17.3 Å². The Morgan fingerprint density at radius 3 is 2.81 bits per heavy atom. The van der Waals surface area contributed by atoms with Crippen LogP contribution in [-0.4, -0.2) is 21.9 Å². The van der Waals surface area contributed by atoms with Crippen molar-refractivity contribution in [3.05, 3.63) is 16.6 Å². The van der Waals surface area contributed by atoms with Crippen molar-refractivity contribution in [2.75, 3.05) is 5.75 Å². The Morgan fingerprint density at radius 1 is 1.44 bits per heavy atom. The van der Waals surface area contributed by atoms with E-state index in [9.17, 15) is 0 Å². The average Bonchev–Trinajstić information content (AvgIpc) is 2.87. The Morgan fingerprint density at radius 2 is 2.25 bits per heavy atom. The summed E-state index contributed by atoms with van der Waals surface area (Å²) >= 11 is 3.50. The minimum atomic E-state index is 0.261.